The van der Waals surface area contributed by atoms with Crippen LogP contribution in [0.4, 0.5) is 4.79 Å². The predicted molar refractivity (Wildman–Crippen MR) is 31.5 cm³/mol. The van der Waals surface area contributed by atoms with Gasteiger partial charge in [-0.25, -0.2) is 0 Å². The molecule has 0 saturated carbocycles. The molecule has 3 nitrogen and oxygen atoms in total. The van der Waals surface area contributed by atoms with Crippen LogP contribution < -0.4 is 13.3 Å². The van der Waals surface area contributed by atoms with Crippen molar-refractivity contribution in [2.45, 2.75) is 0 Å². The number of carbonyl (C=O) groups excluding carboxylic acids is 1. The van der Waals surface area contributed by atoms with Crippen LogP contribution in [0.3, 0.4) is 0 Å². The van der Waals surface area contributed by atoms with Crippen molar-refractivity contribution in [1.29, 1.82) is 0 Å². The van der Waals surface area contributed by atoms with Gasteiger partial charge in [-0.05, 0) is 6.16 Å². The Bertz CT molecular complexity index is 206. The third-order valence-corrected chi connectivity index (χ3v) is 2.68. The van der Waals surface area contributed by atoms with Crippen molar-refractivity contribution in [1.82, 2.24) is 0 Å². The Balaban J connectivity index is 0.000000218. The molecule has 0 aromatic heterocycles. The number of hydrogen-bond donors (Lipinski definition) is 0. The maximum absolute atomic E-state index is 8.33. The van der Waals surface area contributed by atoms with E-state index >= 15 is 0 Å². The number of hydrogen-bond acceptors (Lipinski definition) is 3. The van der Waals surface area contributed by atoms with Gasteiger partial charge >= 0.3 is 59.5 Å². The molecule has 0 heterocycles. The molecule has 0 atom stereocenters. The molecule has 0 spiro atoms. The quantitative estimate of drug-likeness (QED) is 0.536. The summed E-state index contributed by atoms with van der Waals surface area (Å²) in [6.45, 7) is 0. The molecule has 4 heteroatoms. The van der Waals surface area contributed by atoms with Gasteiger partial charge in [-0.2, -0.15) is 0 Å². The van der Waals surface area contributed by atoms with Gasteiger partial charge in [-0.1, -0.05) is 0 Å². The van der Waals surface area contributed by atoms with Crippen molar-refractivity contribution in [3.8, 4) is 0 Å². The summed E-state index contributed by atoms with van der Waals surface area (Å²) in [5.74, 6) is 0. The van der Waals surface area contributed by atoms with Crippen LogP contribution in [0.1, 0.15) is 0 Å². The fraction of sp³-hybridized carbons (Fsp3) is 0. The van der Waals surface area contributed by atoms with Gasteiger partial charge in [0.1, 0.15) is 0 Å². The van der Waals surface area contributed by atoms with Crippen LogP contribution in [0.15, 0.2) is 30.3 Å². The molecule has 0 unspecified atom stereocenters. The summed E-state index contributed by atoms with van der Waals surface area (Å²) in [4.78, 5) is 8.33. The first-order chi connectivity index (χ1) is 5.13. The number of carboxylic acid groups (broad SMARTS) is 2. The third-order valence-electron chi connectivity index (χ3n) is 0.843. The molecule has 0 saturated heterocycles. The Labute approximate surface area is 80.6 Å². The summed E-state index contributed by atoms with van der Waals surface area (Å²) in [7, 11) is 0. The molecular weight excluding hydrogens is 333 g/mol. The molecule has 53 valence electrons. The zero-order chi connectivity index (χ0) is 8.69. The van der Waals surface area contributed by atoms with Gasteiger partial charge in [-0.15, -0.1) is 0 Å². The second kappa shape index (κ2) is 6.16. The molecule has 11 heavy (non-hydrogen) atoms. The molecule has 1 aromatic rings. The Morgan fingerprint density at radius 1 is 1.18 bits per heavy atom. The van der Waals surface area contributed by atoms with Crippen molar-refractivity contribution in [2.24, 2.45) is 0 Å². The summed E-state index contributed by atoms with van der Waals surface area (Å²) in [5.41, 5.74) is 0. The second-order valence-electron chi connectivity index (χ2n) is 1.74. The van der Waals surface area contributed by atoms with Crippen molar-refractivity contribution in [2.75, 3.05) is 0 Å². The van der Waals surface area contributed by atoms with Crippen LogP contribution in [0.2, 0.25) is 0 Å². The van der Waals surface area contributed by atoms with Gasteiger partial charge in [0.2, 0.25) is 0 Å². The van der Waals surface area contributed by atoms with Crippen LogP contribution in [-0.2, 0) is 26.1 Å². The molecule has 0 amide bonds. The maximum atomic E-state index is 8.33. The fourth-order valence-corrected chi connectivity index (χ4v) is 1.54. The van der Waals surface area contributed by atoms with Crippen LogP contribution in [0, 0.1) is 0 Å². The van der Waals surface area contributed by atoms with E-state index in [0.29, 0.717) is 0 Å². The van der Waals surface area contributed by atoms with E-state index in [9.17, 15) is 0 Å². The summed E-state index contributed by atoms with van der Waals surface area (Å²) < 4.78 is 1.52. The SMILES string of the molecule is O=C([O-])[O-].[Hg+2][c]1ccccc1. The summed E-state index contributed by atoms with van der Waals surface area (Å²) in [6, 6.07) is 10.6. The molecule has 0 N–H and O–H groups in total. The van der Waals surface area contributed by atoms with E-state index in [-0.39, 0.29) is 0 Å². The second-order valence-corrected chi connectivity index (χ2v) is 4.91. The van der Waals surface area contributed by atoms with E-state index in [1.807, 2.05) is 0 Å². The fourth-order valence-electron chi connectivity index (χ4n) is 0.478. The molecule has 1 aromatic carbocycles. The summed E-state index contributed by atoms with van der Waals surface area (Å²) >= 11 is 0.810. The van der Waals surface area contributed by atoms with Gasteiger partial charge in [0.25, 0.3) is 0 Å². The van der Waals surface area contributed by atoms with Crippen molar-refractivity contribution < 1.29 is 41.1 Å². The van der Waals surface area contributed by atoms with Gasteiger partial charge < -0.3 is 15.0 Å². The van der Waals surface area contributed by atoms with Crippen LogP contribution >= 0.6 is 0 Å². The molecule has 0 aliphatic carbocycles. The number of carbonyl (C=O) groups is 1. The molecular formula is C7H5HgO3. The first-order valence-electron chi connectivity index (χ1n) is 2.88. The summed E-state index contributed by atoms with van der Waals surface area (Å²) in [5, 5.41) is 16.7. The minimum atomic E-state index is -2.33. The first-order valence-corrected chi connectivity index (χ1v) is 5.63. The summed E-state index contributed by atoms with van der Waals surface area (Å²) in [6.07, 6.45) is -2.33. The van der Waals surface area contributed by atoms with E-state index in [0.717, 1.165) is 26.1 Å². The number of rotatable bonds is 0. The Kier molecular flexibility index (Phi) is 5.83. The van der Waals surface area contributed by atoms with E-state index in [4.69, 9.17) is 15.0 Å². The van der Waals surface area contributed by atoms with Gasteiger partial charge in [-0.3, -0.25) is 0 Å². The average Bonchev–Trinajstić information content (AvgIpc) is 1.87. The molecule has 0 fully saturated rings. The minimum absolute atomic E-state index is 0.810. The normalized spacial score (nSPS) is 7.82. The van der Waals surface area contributed by atoms with Gasteiger partial charge in [0.05, 0.1) is 0 Å². The zero-order valence-electron chi connectivity index (χ0n) is 5.82. The molecule has 0 bridgehead atoms. The Morgan fingerprint density at radius 2 is 1.55 bits per heavy atom. The number of benzene rings is 1. The van der Waals surface area contributed by atoms with E-state index in [1.165, 1.54) is 3.07 Å². The van der Waals surface area contributed by atoms with Gasteiger partial charge in [0, 0.05) is 0 Å². The topological polar surface area (TPSA) is 63.2 Å². The monoisotopic (exact) mass is 339 g/mol. The molecule has 0 aliphatic rings. The van der Waals surface area contributed by atoms with Crippen molar-refractivity contribution >= 4 is 9.23 Å². The van der Waals surface area contributed by atoms with Crippen molar-refractivity contribution in [3.05, 3.63) is 30.3 Å². The predicted octanol–water partition coefficient (Wildman–Crippen LogP) is -1.59. The standard InChI is InChI=1S/C6H5.CH2O3.Hg/c1-2-4-6-5-3-1;2-1(3)4;/h1-5H;(H2,2,3,4);/q;;+2/p-2. The first kappa shape index (κ1) is 10.4. The van der Waals surface area contributed by atoms with Crippen LogP contribution in [0.25, 0.3) is 0 Å². The third kappa shape index (κ3) is 9.43. The van der Waals surface area contributed by atoms with Gasteiger partial charge in [0.15, 0.2) is 0 Å². The van der Waals surface area contributed by atoms with Crippen LogP contribution in [-0.4, -0.2) is 6.16 Å². The Morgan fingerprint density at radius 3 is 1.73 bits per heavy atom. The van der Waals surface area contributed by atoms with Crippen molar-refractivity contribution in [3.63, 3.8) is 0 Å². The van der Waals surface area contributed by atoms with Crippen LogP contribution in [0.5, 0.6) is 0 Å². The van der Waals surface area contributed by atoms with E-state index in [2.05, 4.69) is 30.3 Å². The van der Waals surface area contributed by atoms with E-state index in [1.54, 1.807) is 0 Å². The Hall–Kier alpha value is -0.575. The zero-order valence-corrected chi connectivity index (χ0v) is 11.3. The molecule has 0 radical (unpaired) electrons. The molecule has 0 aliphatic heterocycles. The average molecular weight is 338 g/mol. The molecule has 1 rings (SSSR count). The van der Waals surface area contributed by atoms with E-state index < -0.39 is 6.16 Å².